The second-order valence-electron chi connectivity index (χ2n) is 6.98. The number of aromatic nitrogens is 4. The molecule has 0 aliphatic carbocycles. The number of benzene rings is 2. The first-order chi connectivity index (χ1) is 15.6. The number of hydrogen-bond donors (Lipinski definition) is 3. The lowest BCUT2D eigenvalue weighted by Crippen LogP contribution is -2.16. The summed E-state index contributed by atoms with van der Waals surface area (Å²) in [4.78, 5) is 37.2. The number of rotatable bonds is 7. The number of anilines is 2. The fraction of sp³-hybridized carbons (Fsp3) is 0.0870. The topological polar surface area (TPSA) is 122 Å². The quantitative estimate of drug-likeness (QED) is 0.415. The zero-order valence-corrected chi connectivity index (χ0v) is 17.0. The van der Waals surface area contributed by atoms with Gasteiger partial charge in [-0.25, -0.2) is 15.0 Å². The van der Waals surface area contributed by atoms with Crippen LogP contribution in [0.15, 0.2) is 79.6 Å². The maximum Gasteiger partial charge on any atom is 0.255 e. The van der Waals surface area contributed by atoms with Crippen LogP contribution in [0, 0.1) is 0 Å². The third-order valence-electron chi connectivity index (χ3n) is 4.58. The fourth-order valence-electron chi connectivity index (χ4n) is 3.00. The van der Waals surface area contributed by atoms with E-state index in [-0.39, 0.29) is 24.0 Å². The number of nitrogens with zero attached hydrogens (tertiary/aromatic N) is 4. The van der Waals surface area contributed by atoms with Crippen LogP contribution in [0.5, 0.6) is 5.75 Å². The lowest BCUT2D eigenvalue weighted by Gasteiger charge is -2.09. The number of phenols is 1. The van der Waals surface area contributed by atoms with Crippen LogP contribution in [-0.4, -0.2) is 36.4 Å². The highest BCUT2D eigenvalue weighted by Gasteiger charge is 2.10. The number of carbonyl (C=O) groups excluding carboxylic acids is 2. The molecular weight excluding hydrogens is 408 g/mol. The summed E-state index contributed by atoms with van der Waals surface area (Å²) in [6.07, 6.45) is 8.37. The number of imidazole rings is 1. The van der Waals surface area contributed by atoms with Gasteiger partial charge in [0.15, 0.2) is 5.82 Å². The van der Waals surface area contributed by atoms with E-state index in [1.165, 1.54) is 12.4 Å². The lowest BCUT2D eigenvalue weighted by atomic mass is 10.2. The first-order valence-corrected chi connectivity index (χ1v) is 9.85. The minimum atomic E-state index is -0.353. The van der Waals surface area contributed by atoms with Gasteiger partial charge in [0, 0.05) is 42.2 Å². The van der Waals surface area contributed by atoms with E-state index >= 15 is 0 Å². The van der Waals surface area contributed by atoms with Gasteiger partial charge >= 0.3 is 0 Å². The van der Waals surface area contributed by atoms with Crippen molar-refractivity contribution in [3.05, 3.63) is 85.2 Å². The van der Waals surface area contributed by atoms with Crippen LogP contribution in [0.25, 0.3) is 11.4 Å². The lowest BCUT2D eigenvalue weighted by molar-refractivity contribution is -0.116. The van der Waals surface area contributed by atoms with E-state index in [1.807, 2.05) is 4.57 Å². The summed E-state index contributed by atoms with van der Waals surface area (Å²) in [6, 6.07) is 13.3. The molecule has 0 aliphatic heterocycles. The molecule has 0 unspecified atom stereocenters. The smallest absolute Gasteiger partial charge is 0.255 e. The van der Waals surface area contributed by atoms with Crippen LogP contribution in [-0.2, 0) is 11.3 Å². The van der Waals surface area contributed by atoms with Crippen LogP contribution >= 0.6 is 0 Å². The number of hydrogen-bond acceptors (Lipinski definition) is 6. The molecule has 2 aromatic heterocycles. The summed E-state index contributed by atoms with van der Waals surface area (Å²) in [5, 5.41) is 15.1. The number of nitrogens with one attached hydrogen (secondary N) is 2. The SMILES string of the molecule is O=C(CCn1ccnc1)Nc1cccc(C(=O)Nc2cnc(-c3cccc(O)c3)nc2)c1. The predicted octanol–water partition coefficient (Wildman–Crippen LogP) is 3.33. The molecule has 4 aromatic rings. The van der Waals surface area contributed by atoms with Gasteiger partial charge in [-0.15, -0.1) is 0 Å². The second kappa shape index (κ2) is 9.52. The highest BCUT2D eigenvalue weighted by molar-refractivity contribution is 6.05. The third-order valence-corrected chi connectivity index (χ3v) is 4.58. The van der Waals surface area contributed by atoms with E-state index in [2.05, 4.69) is 25.6 Å². The number of aromatic hydroxyl groups is 1. The summed E-state index contributed by atoms with van der Waals surface area (Å²) < 4.78 is 1.82. The van der Waals surface area contributed by atoms with Crippen LogP contribution in [0.3, 0.4) is 0 Å². The Kier molecular flexibility index (Phi) is 6.17. The van der Waals surface area contributed by atoms with E-state index in [0.29, 0.717) is 34.9 Å². The first-order valence-electron chi connectivity index (χ1n) is 9.85. The highest BCUT2D eigenvalue weighted by atomic mass is 16.3. The summed E-state index contributed by atoms with van der Waals surface area (Å²) in [5.41, 5.74) is 2.01. The largest absolute Gasteiger partial charge is 0.508 e. The van der Waals surface area contributed by atoms with Crippen LogP contribution in [0.1, 0.15) is 16.8 Å². The Morgan fingerprint density at radius 2 is 1.78 bits per heavy atom. The maximum atomic E-state index is 12.6. The van der Waals surface area contributed by atoms with Gasteiger partial charge in [-0.1, -0.05) is 18.2 Å². The average Bonchev–Trinajstić information content (AvgIpc) is 3.32. The second-order valence-corrected chi connectivity index (χ2v) is 6.98. The molecule has 2 heterocycles. The molecule has 9 heteroatoms. The molecule has 0 aliphatic rings. The van der Waals surface area contributed by atoms with E-state index < -0.39 is 0 Å². The monoisotopic (exact) mass is 428 g/mol. The minimum absolute atomic E-state index is 0.122. The first kappa shape index (κ1) is 20.7. The van der Waals surface area contributed by atoms with Crippen molar-refractivity contribution in [2.24, 2.45) is 0 Å². The molecule has 160 valence electrons. The van der Waals surface area contributed by atoms with Crippen molar-refractivity contribution in [1.82, 2.24) is 19.5 Å². The van der Waals surface area contributed by atoms with E-state index in [1.54, 1.807) is 67.3 Å². The van der Waals surface area contributed by atoms with E-state index in [0.717, 1.165) is 0 Å². The predicted molar refractivity (Wildman–Crippen MR) is 119 cm³/mol. The summed E-state index contributed by atoms with van der Waals surface area (Å²) in [5.74, 6) is 0.0388. The molecule has 0 spiro atoms. The molecule has 0 radical (unpaired) electrons. The Morgan fingerprint density at radius 3 is 2.53 bits per heavy atom. The van der Waals surface area contributed by atoms with Gasteiger partial charge in [0.05, 0.1) is 24.4 Å². The molecule has 4 rings (SSSR count). The Morgan fingerprint density at radius 1 is 0.969 bits per heavy atom. The molecule has 9 nitrogen and oxygen atoms in total. The van der Waals surface area contributed by atoms with Crippen molar-refractivity contribution in [2.45, 2.75) is 13.0 Å². The van der Waals surface area contributed by atoms with Gasteiger partial charge in [-0.3, -0.25) is 9.59 Å². The summed E-state index contributed by atoms with van der Waals surface area (Å²) in [6.45, 7) is 0.518. The highest BCUT2D eigenvalue weighted by Crippen LogP contribution is 2.20. The number of phenolic OH excluding ortho intramolecular Hbond substituents is 1. The molecule has 2 amide bonds. The Labute approximate surface area is 183 Å². The van der Waals surface area contributed by atoms with Crippen molar-refractivity contribution in [3.8, 4) is 17.1 Å². The Hall–Kier alpha value is -4.53. The molecule has 3 N–H and O–H groups in total. The maximum absolute atomic E-state index is 12.6. The molecule has 32 heavy (non-hydrogen) atoms. The molecule has 0 bridgehead atoms. The van der Waals surface area contributed by atoms with Gasteiger partial charge in [0.2, 0.25) is 5.91 Å². The Balaban J connectivity index is 1.36. The molecule has 0 saturated carbocycles. The van der Waals surface area contributed by atoms with Crippen LogP contribution in [0.2, 0.25) is 0 Å². The van der Waals surface area contributed by atoms with Gasteiger partial charge in [-0.05, 0) is 30.3 Å². The zero-order chi connectivity index (χ0) is 22.3. The summed E-state index contributed by atoms with van der Waals surface area (Å²) >= 11 is 0. The van der Waals surface area contributed by atoms with E-state index in [9.17, 15) is 14.7 Å². The number of aryl methyl sites for hydroxylation is 1. The number of carbonyl (C=O) groups is 2. The zero-order valence-electron chi connectivity index (χ0n) is 17.0. The fourth-order valence-corrected chi connectivity index (χ4v) is 3.00. The normalized spacial score (nSPS) is 10.5. The molecule has 0 fully saturated rings. The van der Waals surface area contributed by atoms with Crippen LogP contribution in [0.4, 0.5) is 11.4 Å². The number of amides is 2. The van der Waals surface area contributed by atoms with Crippen molar-refractivity contribution >= 4 is 23.2 Å². The van der Waals surface area contributed by atoms with Crippen molar-refractivity contribution in [1.29, 1.82) is 0 Å². The third kappa shape index (κ3) is 5.33. The van der Waals surface area contributed by atoms with Gasteiger partial charge < -0.3 is 20.3 Å². The molecule has 0 saturated heterocycles. The standard InChI is InChI=1S/C23H20N6O3/c30-20-6-2-3-16(12-20)22-25-13-19(14-26-22)28-23(32)17-4-1-5-18(11-17)27-21(31)7-9-29-10-8-24-15-29/h1-6,8,10-15,30H,7,9H2,(H,27,31)(H,28,32). The average molecular weight is 428 g/mol. The molecule has 2 aromatic carbocycles. The minimum Gasteiger partial charge on any atom is -0.508 e. The Bertz CT molecular complexity index is 1220. The van der Waals surface area contributed by atoms with Crippen molar-refractivity contribution in [3.63, 3.8) is 0 Å². The van der Waals surface area contributed by atoms with Crippen LogP contribution < -0.4 is 10.6 Å². The molecular formula is C23H20N6O3. The molecule has 0 atom stereocenters. The van der Waals surface area contributed by atoms with Gasteiger partial charge in [0.1, 0.15) is 5.75 Å². The summed E-state index contributed by atoms with van der Waals surface area (Å²) in [7, 11) is 0. The van der Waals surface area contributed by atoms with Crippen molar-refractivity contribution in [2.75, 3.05) is 10.6 Å². The van der Waals surface area contributed by atoms with Crippen molar-refractivity contribution < 1.29 is 14.7 Å². The van der Waals surface area contributed by atoms with E-state index in [4.69, 9.17) is 0 Å². The van der Waals surface area contributed by atoms with Gasteiger partial charge in [0.25, 0.3) is 5.91 Å². The van der Waals surface area contributed by atoms with Gasteiger partial charge in [-0.2, -0.15) is 0 Å².